The van der Waals surface area contributed by atoms with Crippen LogP contribution in [0.5, 0.6) is 11.5 Å². The van der Waals surface area contributed by atoms with Crippen molar-refractivity contribution in [2.24, 2.45) is 0 Å². The van der Waals surface area contributed by atoms with Gasteiger partial charge in [0.15, 0.2) is 34.8 Å². The highest BCUT2D eigenvalue weighted by atomic mass is 19.2. The predicted molar refractivity (Wildman–Crippen MR) is 142 cm³/mol. The van der Waals surface area contributed by atoms with Crippen LogP contribution in [-0.2, 0) is 6.61 Å². The van der Waals surface area contributed by atoms with Crippen LogP contribution in [0.1, 0.15) is 92.4 Å². The van der Waals surface area contributed by atoms with Crippen molar-refractivity contribution in [2.45, 2.75) is 83.7 Å². The van der Waals surface area contributed by atoms with Crippen LogP contribution >= 0.6 is 0 Å². The van der Waals surface area contributed by atoms with Crippen molar-refractivity contribution in [3.63, 3.8) is 0 Å². The van der Waals surface area contributed by atoms with E-state index in [4.69, 9.17) is 9.47 Å². The third-order valence-electron chi connectivity index (χ3n) is 7.75. The second-order valence-electron chi connectivity index (χ2n) is 10.5. The molecule has 40 heavy (non-hydrogen) atoms. The third-order valence-corrected chi connectivity index (χ3v) is 7.75. The van der Waals surface area contributed by atoms with E-state index >= 15 is 4.39 Å². The molecule has 0 aliphatic heterocycles. The van der Waals surface area contributed by atoms with E-state index < -0.39 is 47.3 Å². The summed E-state index contributed by atoms with van der Waals surface area (Å²) in [6.45, 7) is 3.33. The number of unbranched alkanes of at least 4 members (excludes halogenated alkanes) is 3. The minimum Gasteiger partial charge on any atom is -0.490 e. The van der Waals surface area contributed by atoms with Crippen LogP contribution in [0.25, 0.3) is 0 Å². The van der Waals surface area contributed by atoms with E-state index in [1.165, 1.54) is 31.2 Å². The molecule has 0 atom stereocenters. The Hall–Kier alpha value is -3.16. The summed E-state index contributed by atoms with van der Waals surface area (Å²) < 4.78 is 98.0. The molecule has 1 aliphatic carbocycles. The highest BCUT2D eigenvalue weighted by Gasteiger charge is 2.29. The van der Waals surface area contributed by atoms with Crippen molar-refractivity contribution in [2.75, 3.05) is 6.61 Å². The number of aryl methyl sites for hydroxylation is 1. The number of halogens is 6. The number of ether oxygens (including phenoxy) is 2. The lowest BCUT2D eigenvalue weighted by Crippen LogP contribution is -2.16. The largest absolute Gasteiger partial charge is 0.490 e. The molecule has 0 amide bonds. The molecule has 3 aromatic carbocycles. The lowest BCUT2D eigenvalue weighted by molar-refractivity contribution is 0.262. The molecule has 4 rings (SSSR count). The van der Waals surface area contributed by atoms with E-state index in [-0.39, 0.29) is 40.9 Å². The zero-order valence-corrected chi connectivity index (χ0v) is 22.8. The molecule has 216 valence electrons. The van der Waals surface area contributed by atoms with E-state index in [0.717, 1.165) is 25.7 Å². The first-order valence-corrected chi connectivity index (χ1v) is 13.9. The van der Waals surface area contributed by atoms with Gasteiger partial charge in [0.25, 0.3) is 0 Å². The van der Waals surface area contributed by atoms with E-state index in [1.807, 2.05) is 0 Å². The maximum atomic E-state index is 15.1. The first kappa shape index (κ1) is 29.8. The molecule has 0 N–H and O–H groups in total. The normalized spacial score (nSPS) is 17.2. The first-order valence-electron chi connectivity index (χ1n) is 13.9. The molecule has 0 radical (unpaired) electrons. The summed E-state index contributed by atoms with van der Waals surface area (Å²) >= 11 is 0. The minimum atomic E-state index is -1.26. The van der Waals surface area contributed by atoms with Gasteiger partial charge in [0.1, 0.15) is 6.61 Å². The minimum absolute atomic E-state index is 0.136. The summed E-state index contributed by atoms with van der Waals surface area (Å²) in [6.07, 6.45) is 5.73. The van der Waals surface area contributed by atoms with Crippen molar-refractivity contribution in [1.82, 2.24) is 0 Å². The van der Waals surface area contributed by atoms with Gasteiger partial charge < -0.3 is 9.47 Å². The molecule has 1 aliphatic rings. The summed E-state index contributed by atoms with van der Waals surface area (Å²) in [5.41, 5.74) is 0.621. The van der Waals surface area contributed by atoms with Crippen LogP contribution in [0.3, 0.4) is 0 Å². The molecule has 0 heterocycles. The topological polar surface area (TPSA) is 18.5 Å². The predicted octanol–water partition coefficient (Wildman–Crippen LogP) is 9.81. The van der Waals surface area contributed by atoms with Crippen molar-refractivity contribution in [3.8, 4) is 11.5 Å². The summed E-state index contributed by atoms with van der Waals surface area (Å²) in [5.74, 6) is -7.41. The highest BCUT2D eigenvalue weighted by Crippen LogP contribution is 2.42. The molecule has 3 aromatic rings. The Kier molecular flexibility index (Phi) is 10.0. The number of benzene rings is 3. The van der Waals surface area contributed by atoms with E-state index in [2.05, 4.69) is 6.92 Å². The number of hydrogen-bond donors (Lipinski definition) is 0. The van der Waals surface area contributed by atoms with Gasteiger partial charge >= 0.3 is 0 Å². The number of rotatable bonds is 11. The number of hydrogen-bond acceptors (Lipinski definition) is 2. The molecule has 0 bridgehead atoms. The summed E-state index contributed by atoms with van der Waals surface area (Å²) in [5, 5.41) is 0. The molecule has 0 aromatic heterocycles. The van der Waals surface area contributed by atoms with Crippen LogP contribution in [0, 0.1) is 41.8 Å². The van der Waals surface area contributed by atoms with Gasteiger partial charge in [0.05, 0.1) is 6.61 Å². The molecule has 8 heteroatoms. The van der Waals surface area contributed by atoms with Gasteiger partial charge in [-0.15, -0.1) is 0 Å². The van der Waals surface area contributed by atoms with Crippen LogP contribution in [-0.4, -0.2) is 6.61 Å². The van der Waals surface area contributed by atoms with Crippen LogP contribution in [0.2, 0.25) is 0 Å². The quantitative estimate of drug-likeness (QED) is 0.170. The Balaban J connectivity index is 1.37. The molecule has 2 nitrogen and oxygen atoms in total. The standard InChI is InChI=1S/C32H34F6O2/c1-3-4-5-6-17-39-25-15-16-26(32(38)31(25)37)40-18-22-12-14-24(30(36)28(22)34)21-10-8-20(9-11-21)23-13-7-19(2)27(33)29(23)35/h7,12-16,20-21H,3-6,8-11,17-18H2,1-2H3. The molecule has 0 unspecified atom stereocenters. The second kappa shape index (κ2) is 13.5. The second-order valence-corrected chi connectivity index (χ2v) is 10.5. The van der Waals surface area contributed by atoms with Crippen LogP contribution in [0.15, 0.2) is 36.4 Å². The highest BCUT2D eigenvalue weighted by molar-refractivity contribution is 5.36. The Morgan fingerprint density at radius 1 is 0.600 bits per heavy atom. The Labute approximate surface area is 231 Å². The van der Waals surface area contributed by atoms with Gasteiger partial charge in [-0.25, -0.2) is 17.6 Å². The van der Waals surface area contributed by atoms with Gasteiger partial charge in [-0.3, -0.25) is 0 Å². The smallest absolute Gasteiger partial charge is 0.204 e. The fourth-order valence-electron chi connectivity index (χ4n) is 5.33. The van der Waals surface area contributed by atoms with Gasteiger partial charge in [-0.05, 0) is 79.7 Å². The summed E-state index contributed by atoms with van der Waals surface area (Å²) in [6, 6.07) is 8.44. The molecular formula is C32H34F6O2. The van der Waals surface area contributed by atoms with Crippen molar-refractivity contribution in [3.05, 3.63) is 93.6 Å². The van der Waals surface area contributed by atoms with Gasteiger partial charge in [0, 0.05) is 5.56 Å². The van der Waals surface area contributed by atoms with E-state index in [1.54, 1.807) is 12.1 Å². The lowest BCUT2D eigenvalue weighted by atomic mass is 9.75. The van der Waals surface area contributed by atoms with Crippen molar-refractivity contribution < 1.29 is 35.8 Å². The Bertz CT molecular complexity index is 1320. The molecular weight excluding hydrogens is 530 g/mol. The fraction of sp³-hybridized carbons (Fsp3) is 0.438. The Morgan fingerprint density at radius 2 is 1.15 bits per heavy atom. The zero-order valence-electron chi connectivity index (χ0n) is 22.8. The molecule has 1 fully saturated rings. The molecule has 0 saturated heterocycles. The molecule has 0 spiro atoms. The fourth-order valence-corrected chi connectivity index (χ4v) is 5.33. The van der Waals surface area contributed by atoms with Crippen molar-refractivity contribution >= 4 is 0 Å². The first-order chi connectivity index (χ1) is 19.2. The summed E-state index contributed by atoms with van der Waals surface area (Å²) in [7, 11) is 0. The SMILES string of the molecule is CCCCCCOc1ccc(OCc2ccc(C3CCC(c4ccc(C)c(F)c4F)CC3)c(F)c2F)c(F)c1F. The molecule has 1 saturated carbocycles. The Morgan fingerprint density at radius 3 is 1.75 bits per heavy atom. The maximum absolute atomic E-state index is 15.1. The average Bonchev–Trinajstić information content (AvgIpc) is 2.96. The zero-order chi connectivity index (χ0) is 28.8. The maximum Gasteiger partial charge on any atom is 0.204 e. The van der Waals surface area contributed by atoms with Crippen LogP contribution in [0.4, 0.5) is 26.3 Å². The third kappa shape index (κ3) is 6.58. The van der Waals surface area contributed by atoms with Crippen LogP contribution < -0.4 is 9.47 Å². The lowest BCUT2D eigenvalue weighted by Gasteiger charge is -2.30. The van der Waals surface area contributed by atoms with Crippen molar-refractivity contribution in [1.29, 1.82) is 0 Å². The average molecular weight is 565 g/mol. The van der Waals surface area contributed by atoms with Gasteiger partial charge in [-0.2, -0.15) is 8.78 Å². The van der Waals surface area contributed by atoms with Gasteiger partial charge in [0.2, 0.25) is 11.6 Å². The monoisotopic (exact) mass is 564 g/mol. The van der Waals surface area contributed by atoms with E-state index in [9.17, 15) is 22.0 Å². The van der Waals surface area contributed by atoms with Gasteiger partial charge in [-0.1, -0.05) is 50.5 Å². The summed E-state index contributed by atoms with van der Waals surface area (Å²) in [4.78, 5) is 0. The van der Waals surface area contributed by atoms with E-state index in [0.29, 0.717) is 31.2 Å².